The average Bonchev–Trinajstić information content (AvgIpc) is 2.63. The van der Waals surface area contributed by atoms with E-state index in [9.17, 15) is 17.2 Å². The van der Waals surface area contributed by atoms with Gasteiger partial charge < -0.3 is 10.2 Å². The lowest BCUT2D eigenvalue weighted by Crippen LogP contribution is -2.53. The molecule has 0 radical (unpaired) electrons. The molecule has 0 amide bonds. The molecule has 28 heavy (non-hydrogen) atoms. The van der Waals surface area contributed by atoms with E-state index in [-0.39, 0.29) is 18.3 Å². The summed E-state index contributed by atoms with van der Waals surface area (Å²) >= 11 is 0. The maximum absolute atomic E-state index is 14.2. The first-order chi connectivity index (χ1) is 13.2. The van der Waals surface area contributed by atoms with Crippen LogP contribution in [0, 0.1) is 11.6 Å². The van der Waals surface area contributed by atoms with E-state index >= 15 is 0 Å². The molecule has 1 unspecified atom stereocenters. The Bertz CT molecular complexity index is 778. The summed E-state index contributed by atoms with van der Waals surface area (Å²) in [5.74, 6) is -0.359. The molecule has 1 fully saturated rings. The SMILES string of the molecule is CCNC(=NCCS(C)(=O)=O)N1CCN(C(CC)c2ccc(F)cc2F)CC1. The molecule has 1 aliphatic heterocycles. The number of hydrogen-bond acceptors (Lipinski definition) is 4. The summed E-state index contributed by atoms with van der Waals surface area (Å²) < 4.78 is 50.1. The van der Waals surface area contributed by atoms with Gasteiger partial charge in [0.25, 0.3) is 0 Å². The summed E-state index contributed by atoms with van der Waals surface area (Å²) in [6, 6.07) is 3.66. The van der Waals surface area contributed by atoms with Crippen molar-refractivity contribution in [2.45, 2.75) is 26.3 Å². The quantitative estimate of drug-likeness (QED) is 0.544. The van der Waals surface area contributed by atoms with Crippen LogP contribution < -0.4 is 5.32 Å². The van der Waals surface area contributed by atoms with E-state index in [0.717, 1.165) is 12.5 Å². The number of piperazine rings is 1. The van der Waals surface area contributed by atoms with Crippen molar-refractivity contribution in [2.24, 2.45) is 4.99 Å². The number of halogens is 2. The molecule has 0 saturated carbocycles. The van der Waals surface area contributed by atoms with E-state index in [1.807, 2.05) is 13.8 Å². The number of sulfone groups is 1. The lowest BCUT2D eigenvalue weighted by atomic mass is 10.0. The van der Waals surface area contributed by atoms with Gasteiger partial charge in [-0.1, -0.05) is 13.0 Å². The Labute approximate surface area is 166 Å². The van der Waals surface area contributed by atoms with Crippen molar-refractivity contribution in [3.8, 4) is 0 Å². The molecule has 158 valence electrons. The van der Waals surface area contributed by atoms with Crippen molar-refractivity contribution in [2.75, 3.05) is 51.3 Å². The van der Waals surface area contributed by atoms with E-state index < -0.39 is 21.5 Å². The van der Waals surface area contributed by atoms with Gasteiger partial charge in [-0.15, -0.1) is 0 Å². The van der Waals surface area contributed by atoms with Crippen LogP contribution in [0.3, 0.4) is 0 Å². The maximum Gasteiger partial charge on any atom is 0.194 e. The third kappa shape index (κ3) is 6.41. The standard InChI is InChI=1S/C19H30F2N4O2S/c1-4-18(16-7-6-15(20)14-17(16)21)24-9-11-25(12-10-24)19(22-5-2)23-8-13-28(3,26)27/h6-7,14,18H,4-5,8-13H2,1-3H3,(H,22,23). The van der Waals surface area contributed by atoms with Crippen LogP contribution in [0.5, 0.6) is 0 Å². The highest BCUT2D eigenvalue weighted by atomic mass is 32.2. The van der Waals surface area contributed by atoms with Crippen LogP contribution in [0.1, 0.15) is 31.9 Å². The summed E-state index contributed by atoms with van der Waals surface area (Å²) in [5, 5.41) is 3.20. The molecule has 0 spiro atoms. The third-order valence-electron chi connectivity index (χ3n) is 4.82. The zero-order valence-electron chi connectivity index (χ0n) is 16.8. The predicted octanol–water partition coefficient (Wildman–Crippen LogP) is 2.04. The maximum atomic E-state index is 14.2. The summed E-state index contributed by atoms with van der Waals surface area (Å²) in [6.07, 6.45) is 1.93. The van der Waals surface area contributed by atoms with E-state index in [2.05, 4.69) is 20.1 Å². The molecule has 1 heterocycles. The van der Waals surface area contributed by atoms with E-state index in [4.69, 9.17) is 0 Å². The second kappa shape index (κ2) is 10.2. The average molecular weight is 417 g/mol. The van der Waals surface area contributed by atoms with Gasteiger partial charge in [-0.25, -0.2) is 17.2 Å². The van der Waals surface area contributed by atoms with E-state index in [0.29, 0.717) is 44.2 Å². The van der Waals surface area contributed by atoms with Crippen LogP contribution in [-0.2, 0) is 9.84 Å². The van der Waals surface area contributed by atoms with Crippen molar-refractivity contribution in [3.05, 3.63) is 35.4 Å². The number of aliphatic imine (C=N–C) groups is 1. The molecule has 1 aliphatic rings. The van der Waals surface area contributed by atoms with E-state index in [1.165, 1.54) is 18.4 Å². The van der Waals surface area contributed by atoms with Gasteiger partial charge in [0.1, 0.15) is 21.5 Å². The number of rotatable bonds is 7. The molecule has 0 aromatic heterocycles. The lowest BCUT2D eigenvalue weighted by molar-refractivity contribution is 0.124. The Hall–Kier alpha value is -1.74. The van der Waals surface area contributed by atoms with E-state index in [1.54, 1.807) is 0 Å². The van der Waals surface area contributed by atoms with Gasteiger partial charge >= 0.3 is 0 Å². The first-order valence-electron chi connectivity index (χ1n) is 9.65. The predicted molar refractivity (Wildman–Crippen MR) is 108 cm³/mol. The zero-order chi connectivity index (χ0) is 20.7. The molecule has 1 aromatic carbocycles. The highest BCUT2D eigenvalue weighted by Gasteiger charge is 2.27. The van der Waals surface area contributed by atoms with Gasteiger partial charge in [0, 0.05) is 56.7 Å². The molecule has 1 N–H and O–H groups in total. The summed E-state index contributed by atoms with van der Waals surface area (Å²) in [4.78, 5) is 8.72. The minimum Gasteiger partial charge on any atom is -0.357 e. The molecule has 1 atom stereocenters. The number of benzene rings is 1. The number of hydrogen-bond donors (Lipinski definition) is 1. The molecule has 2 rings (SSSR count). The van der Waals surface area contributed by atoms with Crippen molar-refractivity contribution in [1.29, 1.82) is 0 Å². The summed E-state index contributed by atoms with van der Waals surface area (Å²) in [5.41, 5.74) is 0.520. The highest BCUT2D eigenvalue weighted by molar-refractivity contribution is 7.90. The molecule has 1 saturated heterocycles. The lowest BCUT2D eigenvalue weighted by Gasteiger charge is -2.40. The van der Waals surface area contributed by atoms with Gasteiger partial charge in [-0.3, -0.25) is 9.89 Å². The molecular weight excluding hydrogens is 386 g/mol. The number of guanidine groups is 1. The summed E-state index contributed by atoms with van der Waals surface area (Å²) in [7, 11) is -3.05. The van der Waals surface area contributed by atoms with Gasteiger partial charge in [0.15, 0.2) is 5.96 Å². The largest absolute Gasteiger partial charge is 0.357 e. The van der Waals surface area contributed by atoms with Crippen molar-refractivity contribution in [1.82, 2.24) is 15.1 Å². The van der Waals surface area contributed by atoms with Gasteiger partial charge in [0.2, 0.25) is 0 Å². The Morgan fingerprint density at radius 3 is 2.43 bits per heavy atom. The van der Waals surface area contributed by atoms with Gasteiger partial charge in [-0.2, -0.15) is 0 Å². The molecular formula is C19H30F2N4O2S. The van der Waals surface area contributed by atoms with Gasteiger partial charge in [0.05, 0.1) is 12.3 Å². The Kier molecular flexibility index (Phi) is 8.18. The Morgan fingerprint density at radius 1 is 1.21 bits per heavy atom. The summed E-state index contributed by atoms with van der Waals surface area (Å²) in [6.45, 7) is 7.70. The molecule has 0 aliphatic carbocycles. The first kappa shape index (κ1) is 22.5. The first-order valence-corrected chi connectivity index (χ1v) is 11.7. The van der Waals surface area contributed by atoms with Gasteiger partial charge in [-0.05, 0) is 19.4 Å². The van der Waals surface area contributed by atoms with Crippen molar-refractivity contribution >= 4 is 15.8 Å². The number of nitrogens with one attached hydrogen (secondary N) is 1. The molecule has 6 nitrogen and oxygen atoms in total. The fourth-order valence-electron chi connectivity index (χ4n) is 3.44. The second-order valence-corrected chi connectivity index (χ2v) is 9.24. The highest BCUT2D eigenvalue weighted by Crippen LogP contribution is 2.28. The van der Waals surface area contributed by atoms with Crippen LogP contribution in [-0.4, -0.2) is 75.5 Å². The Balaban J connectivity index is 2.03. The minimum atomic E-state index is -3.05. The third-order valence-corrected chi connectivity index (χ3v) is 5.75. The monoisotopic (exact) mass is 416 g/mol. The van der Waals surface area contributed by atoms with Crippen LogP contribution in [0.2, 0.25) is 0 Å². The normalized spacial score (nSPS) is 17.6. The topological polar surface area (TPSA) is 65.0 Å². The van der Waals surface area contributed by atoms with Crippen LogP contribution in [0.15, 0.2) is 23.2 Å². The fourth-order valence-corrected chi connectivity index (χ4v) is 3.86. The van der Waals surface area contributed by atoms with Crippen molar-refractivity contribution in [3.63, 3.8) is 0 Å². The molecule has 1 aromatic rings. The number of nitrogens with zero attached hydrogens (tertiary/aromatic N) is 3. The zero-order valence-corrected chi connectivity index (χ0v) is 17.6. The second-order valence-electron chi connectivity index (χ2n) is 6.98. The Morgan fingerprint density at radius 2 is 1.89 bits per heavy atom. The minimum absolute atomic E-state index is 0.0175. The van der Waals surface area contributed by atoms with Crippen LogP contribution >= 0.6 is 0 Å². The smallest absolute Gasteiger partial charge is 0.194 e. The fraction of sp³-hybridized carbons (Fsp3) is 0.632. The van der Waals surface area contributed by atoms with Crippen LogP contribution in [0.4, 0.5) is 8.78 Å². The van der Waals surface area contributed by atoms with Crippen LogP contribution in [0.25, 0.3) is 0 Å². The molecule has 9 heteroatoms. The molecule has 0 bridgehead atoms. The van der Waals surface area contributed by atoms with Crippen molar-refractivity contribution < 1.29 is 17.2 Å².